The Morgan fingerprint density at radius 1 is 1.02 bits per heavy atom. The van der Waals surface area contributed by atoms with Crippen LogP contribution in [0.1, 0.15) is 19.4 Å². The second-order valence-electron chi connectivity index (χ2n) is 10.4. The molecular formula is C30H34N6O4. The molecule has 2 aliphatic heterocycles. The van der Waals surface area contributed by atoms with Crippen molar-refractivity contribution >= 4 is 23.2 Å². The van der Waals surface area contributed by atoms with Crippen LogP contribution in [0, 0.1) is 16.7 Å². The number of anilines is 3. The molecule has 0 unspecified atom stereocenters. The number of rotatable bonds is 8. The Bertz CT molecular complexity index is 1360. The third kappa shape index (κ3) is 6.50. The third-order valence-electron chi connectivity index (χ3n) is 7.02. The Hall–Kier alpha value is -4.20. The summed E-state index contributed by atoms with van der Waals surface area (Å²) in [6.07, 6.45) is 1.68. The molecular weight excluding hydrogens is 508 g/mol. The highest BCUT2D eigenvalue weighted by atomic mass is 16.5. The van der Waals surface area contributed by atoms with Crippen LogP contribution in [0.25, 0.3) is 11.3 Å². The van der Waals surface area contributed by atoms with Gasteiger partial charge < -0.3 is 29.3 Å². The fraction of sp³-hybridized carbons (Fsp3) is 0.400. The van der Waals surface area contributed by atoms with Crippen LogP contribution in [0.2, 0.25) is 0 Å². The number of hydrogen-bond donors (Lipinski definition) is 1. The van der Waals surface area contributed by atoms with E-state index in [4.69, 9.17) is 14.2 Å². The van der Waals surface area contributed by atoms with E-state index < -0.39 is 5.41 Å². The van der Waals surface area contributed by atoms with E-state index >= 15 is 0 Å². The molecule has 0 radical (unpaired) electrons. The summed E-state index contributed by atoms with van der Waals surface area (Å²) < 4.78 is 16.8. The Morgan fingerprint density at radius 3 is 2.42 bits per heavy atom. The summed E-state index contributed by atoms with van der Waals surface area (Å²) in [5, 5.41) is 13.1. The number of amides is 1. The number of hydrogen-bond acceptors (Lipinski definition) is 9. The molecule has 2 aromatic carbocycles. The van der Waals surface area contributed by atoms with Gasteiger partial charge in [0, 0.05) is 49.3 Å². The second kappa shape index (κ2) is 12.3. The minimum absolute atomic E-state index is 0.0164. The third-order valence-corrected chi connectivity index (χ3v) is 7.02. The zero-order chi connectivity index (χ0) is 28.0. The van der Waals surface area contributed by atoms with Crippen LogP contribution in [0.5, 0.6) is 5.75 Å². The standard InChI is InChI=1S/C30H34N6O4/c1-30(2,28(37)36-13-17-39-18-14-36)21-40-27-8-3-22(19-23(27)20-31)26-9-10-32-29(34-26)33-24-4-6-25(7-5-24)35-11-15-38-16-12-35/h3-10,19H,11-18,21H2,1-2H3,(H,32,33,34). The summed E-state index contributed by atoms with van der Waals surface area (Å²) >= 11 is 0. The smallest absolute Gasteiger partial charge is 0.231 e. The summed E-state index contributed by atoms with van der Waals surface area (Å²) in [4.78, 5) is 26.1. The Morgan fingerprint density at radius 2 is 1.73 bits per heavy atom. The molecule has 2 fully saturated rings. The van der Waals surface area contributed by atoms with Crippen molar-refractivity contribution in [3.8, 4) is 23.1 Å². The molecule has 5 rings (SSSR count). The van der Waals surface area contributed by atoms with Gasteiger partial charge in [-0.25, -0.2) is 9.97 Å². The highest BCUT2D eigenvalue weighted by Crippen LogP contribution is 2.29. The minimum Gasteiger partial charge on any atom is -0.491 e. The van der Waals surface area contributed by atoms with E-state index in [1.54, 1.807) is 29.3 Å². The number of nitrogens with one attached hydrogen (secondary N) is 1. The molecule has 40 heavy (non-hydrogen) atoms. The summed E-state index contributed by atoms with van der Waals surface area (Å²) in [7, 11) is 0. The maximum atomic E-state index is 13.0. The van der Waals surface area contributed by atoms with Crippen LogP contribution in [0.3, 0.4) is 0 Å². The quantitative estimate of drug-likeness (QED) is 0.453. The van der Waals surface area contributed by atoms with Crippen LogP contribution in [-0.2, 0) is 14.3 Å². The summed E-state index contributed by atoms with van der Waals surface area (Å²) in [5.74, 6) is 0.906. The first-order valence-corrected chi connectivity index (χ1v) is 13.5. The Labute approximate surface area is 234 Å². The topological polar surface area (TPSA) is 113 Å². The highest BCUT2D eigenvalue weighted by molar-refractivity contribution is 5.82. The SMILES string of the molecule is CC(C)(COc1ccc(-c2ccnc(Nc3ccc(N4CCOCC4)cc3)n2)cc1C#N)C(=O)N1CCOCC1. The number of carbonyl (C=O) groups excluding carboxylic acids is 1. The largest absolute Gasteiger partial charge is 0.491 e. The lowest BCUT2D eigenvalue weighted by molar-refractivity contribution is -0.146. The lowest BCUT2D eigenvalue weighted by Crippen LogP contribution is -2.48. The molecule has 0 bridgehead atoms. The van der Waals surface area contributed by atoms with Crippen molar-refractivity contribution in [2.24, 2.45) is 5.41 Å². The fourth-order valence-electron chi connectivity index (χ4n) is 4.70. The van der Waals surface area contributed by atoms with Crippen LogP contribution >= 0.6 is 0 Å². The molecule has 0 aliphatic carbocycles. The lowest BCUT2D eigenvalue weighted by atomic mass is 9.92. The lowest BCUT2D eigenvalue weighted by Gasteiger charge is -2.34. The van der Waals surface area contributed by atoms with E-state index in [1.165, 1.54) is 0 Å². The summed E-state index contributed by atoms with van der Waals surface area (Å²) in [5.41, 5.74) is 3.11. The van der Waals surface area contributed by atoms with Crippen molar-refractivity contribution in [3.05, 3.63) is 60.3 Å². The second-order valence-corrected chi connectivity index (χ2v) is 10.4. The van der Waals surface area contributed by atoms with Gasteiger partial charge in [0.25, 0.3) is 0 Å². The summed E-state index contributed by atoms with van der Waals surface area (Å²) in [6, 6.07) is 17.5. The van der Waals surface area contributed by atoms with Gasteiger partial charge in [-0.2, -0.15) is 5.26 Å². The fourth-order valence-corrected chi connectivity index (χ4v) is 4.70. The summed E-state index contributed by atoms with van der Waals surface area (Å²) in [6.45, 7) is 9.38. The normalized spacial score (nSPS) is 15.8. The highest BCUT2D eigenvalue weighted by Gasteiger charge is 2.34. The number of nitriles is 1. The van der Waals surface area contributed by atoms with Crippen LogP contribution in [-0.4, -0.2) is 80.0 Å². The first-order chi connectivity index (χ1) is 19.4. The number of benzene rings is 2. The average Bonchev–Trinajstić information content (AvgIpc) is 3.01. The number of ether oxygens (including phenoxy) is 3. The Kier molecular flexibility index (Phi) is 8.43. The van der Waals surface area contributed by atoms with Gasteiger partial charge in [-0.15, -0.1) is 0 Å². The zero-order valence-corrected chi connectivity index (χ0v) is 22.9. The molecule has 1 amide bonds. The molecule has 0 atom stereocenters. The van der Waals surface area contributed by atoms with E-state index in [0.717, 1.165) is 43.2 Å². The van der Waals surface area contributed by atoms with Gasteiger partial charge in [0.2, 0.25) is 11.9 Å². The van der Waals surface area contributed by atoms with Crippen molar-refractivity contribution in [1.82, 2.24) is 14.9 Å². The maximum absolute atomic E-state index is 13.0. The van der Waals surface area contributed by atoms with Crippen LogP contribution in [0.4, 0.5) is 17.3 Å². The molecule has 10 nitrogen and oxygen atoms in total. The number of carbonyl (C=O) groups is 1. The van der Waals surface area contributed by atoms with Crippen molar-refractivity contribution in [3.63, 3.8) is 0 Å². The molecule has 1 aromatic heterocycles. The van der Waals surface area contributed by atoms with E-state index in [1.807, 2.05) is 32.0 Å². The molecule has 208 valence electrons. The van der Waals surface area contributed by atoms with E-state index in [9.17, 15) is 10.1 Å². The van der Waals surface area contributed by atoms with Gasteiger partial charge in [0.15, 0.2) is 0 Å². The number of morpholine rings is 2. The monoisotopic (exact) mass is 542 g/mol. The van der Waals surface area contributed by atoms with Gasteiger partial charge in [-0.1, -0.05) is 0 Å². The number of aromatic nitrogens is 2. The molecule has 2 aliphatic rings. The minimum atomic E-state index is -0.740. The van der Waals surface area contributed by atoms with E-state index in [2.05, 4.69) is 38.4 Å². The molecule has 3 aromatic rings. The number of nitrogens with zero attached hydrogens (tertiary/aromatic N) is 5. The molecule has 2 saturated heterocycles. The predicted molar refractivity (Wildman–Crippen MR) is 152 cm³/mol. The molecule has 3 heterocycles. The van der Waals surface area contributed by atoms with Crippen molar-refractivity contribution < 1.29 is 19.0 Å². The van der Waals surface area contributed by atoms with E-state index in [0.29, 0.717) is 49.3 Å². The first kappa shape index (κ1) is 27.4. The van der Waals surface area contributed by atoms with Crippen LogP contribution in [0.15, 0.2) is 54.7 Å². The van der Waals surface area contributed by atoms with Crippen LogP contribution < -0.4 is 15.0 Å². The van der Waals surface area contributed by atoms with Gasteiger partial charge in [0.05, 0.1) is 43.1 Å². The molecule has 0 spiro atoms. The van der Waals surface area contributed by atoms with Crippen molar-refractivity contribution in [2.75, 3.05) is 69.4 Å². The van der Waals surface area contributed by atoms with Crippen molar-refractivity contribution in [2.45, 2.75) is 13.8 Å². The van der Waals surface area contributed by atoms with Gasteiger partial charge in [0.1, 0.15) is 18.4 Å². The van der Waals surface area contributed by atoms with Gasteiger partial charge in [-0.05, 0) is 62.4 Å². The molecule has 10 heteroatoms. The average molecular weight is 543 g/mol. The van der Waals surface area contributed by atoms with E-state index in [-0.39, 0.29) is 12.5 Å². The predicted octanol–water partition coefficient (Wildman–Crippen LogP) is 3.86. The first-order valence-electron chi connectivity index (χ1n) is 13.5. The maximum Gasteiger partial charge on any atom is 0.231 e. The van der Waals surface area contributed by atoms with Crippen molar-refractivity contribution in [1.29, 1.82) is 5.26 Å². The zero-order valence-electron chi connectivity index (χ0n) is 22.9. The Balaban J connectivity index is 1.24. The molecule has 0 saturated carbocycles. The molecule has 1 N–H and O–H groups in total. The van der Waals surface area contributed by atoms with Gasteiger partial charge in [-0.3, -0.25) is 4.79 Å². The van der Waals surface area contributed by atoms with Gasteiger partial charge >= 0.3 is 0 Å².